The summed E-state index contributed by atoms with van der Waals surface area (Å²) in [6.45, 7) is 3.95. The van der Waals surface area contributed by atoms with Crippen LogP contribution in [0.25, 0.3) is 0 Å². The summed E-state index contributed by atoms with van der Waals surface area (Å²) in [5.74, 6) is 1.39. The van der Waals surface area contributed by atoms with Crippen molar-refractivity contribution in [3.63, 3.8) is 0 Å². The van der Waals surface area contributed by atoms with Crippen LogP contribution in [0.1, 0.15) is 29.9 Å². The number of rotatable bonds is 5. The first-order chi connectivity index (χ1) is 14.5. The monoisotopic (exact) mass is 487 g/mol. The highest BCUT2D eigenvalue weighted by Gasteiger charge is 2.37. The average Bonchev–Trinajstić information content (AvgIpc) is 3.13. The number of amides is 1. The van der Waals surface area contributed by atoms with Crippen LogP contribution >= 0.6 is 27.7 Å². The first kappa shape index (κ1) is 20.7. The van der Waals surface area contributed by atoms with Crippen LogP contribution in [-0.4, -0.2) is 33.1 Å². The van der Waals surface area contributed by atoms with Crippen molar-refractivity contribution in [2.45, 2.75) is 36.7 Å². The van der Waals surface area contributed by atoms with Gasteiger partial charge < -0.3 is 15.5 Å². The summed E-state index contributed by atoms with van der Waals surface area (Å²) in [4.78, 5) is 13.4. The van der Waals surface area contributed by atoms with Gasteiger partial charge in [0.1, 0.15) is 16.8 Å². The van der Waals surface area contributed by atoms with Crippen LogP contribution in [0.5, 0.6) is 5.75 Å². The van der Waals surface area contributed by atoms with Gasteiger partial charge in [0.25, 0.3) is 0 Å². The zero-order valence-corrected chi connectivity index (χ0v) is 19.3. The summed E-state index contributed by atoms with van der Waals surface area (Å²) < 4.78 is 8.01. The normalized spacial score (nSPS) is 17.7. The number of carbonyl (C=O) groups is 1. The van der Waals surface area contributed by atoms with Crippen LogP contribution in [0.3, 0.4) is 0 Å². The van der Waals surface area contributed by atoms with Crippen LogP contribution in [-0.2, 0) is 11.2 Å². The van der Waals surface area contributed by atoms with Gasteiger partial charge in [-0.25, -0.2) is 4.68 Å². The number of ether oxygens (including phenoxy) is 1. The van der Waals surface area contributed by atoms with E-state index in [9.17, 15) is 4.79 Å². The van der Waals surface area contributed by atoms with Gasteiger partial charge in [0.15, 0.2) is 0 Å². The van der Waals surface area contributed by atoms with Crippen LogP contribution in [0.4, 0.5) is 5.69 Å². The van der Waals surface area contributed by atoms with E-state index in [2.05, 4.69) is 43.8 Å². The van der Waals surface area contributed by atoms with Gasteiger partial charge in [-0.3, -0.25) is 4.79 Å². The van der Waals surface area contributed by atoms with E-state index in [0.29, 0.717) is 5.16 Å². The predicted octanol–water partition coefficient (Wildman–Crippen LogP) is 4.32. The predicted molar refractivity (Wildman–Crippen MR) is 122 cm³/mol. The highest BCUT2D eigenvalue weighted by atomic mass is 79.9. The van der Waals surface area contributed by atoms with Crippen LogP contribution in [0.15, 0.2) is 52.1 Å². The summed E-state index contributed by atoms with van der Waals surface area (Å²) in [6.07, 6.45) is 0.842. The van der Waals surface area contributed by atoms with E-state index in [0.717, 1.165) is 39.3 Å². The largest absolute Gasteiger partial charge is 0.496 e. The first-order valence-corrected chi connectivity index (χ1v) is 11.3. The van der Waals surface area contributed by atoms with Gasteiger partial charge in [0, 0.05) is 5.69 Å². The molecule has 2 N–H and O–H groups in total. The molecule has 0 aliphatic carbocycles. The standard InChI is InChI=1S/C21H22BrN5O2S/c1-4-13-7-5-6-8-16(13)23-20(28)19-18(14-9-10-17(29-3)15(22)11-14)26-27-12(2)24-25-21(27)30-19/h5-11,18-19,26H,4H2,1-3H3,(H,23,28)/t18-,19-/m0/s1. The third-order valence-electron chi connectivity index (χ3n) is 5.05. The number of para-hydroxylation sites is 1. The molecule has 0 bridgehead atoms. The minimum absolute atomic E-state index is 0.0859. The van der Waals surface area contributed by atoms with Gasteiger partial charge in [-0.1, -0.05) is 43.0 Å². The molecule has 0 saturated heterocycles. The fourth-order valence-electron chi connectivity index (χ4n) is 3.44. The molecular weight excluding hydrogens is 466 g/mol. The van der Waals surface area contributed by atoms with Gasteiger partial charge in [0.2, 0.25) is 11.1 Å². The molecule has 30 heavy (non-hydrogen) atoms. The highest BCUT2D eigenvalue weighted by Crippen LogP contribution is 2.39. The van der Waals surface area contributed by atoms with E-state index in [1.54, 1.807) is 7.11 Å². The fourth-order valence-corrected chi connectivity index (χ4v) is 5.12. The minimum Gasteiger partial charge on any atom is -0.496 e. The van der Waals surface area contributed by atoms with Crippen molar-refractivity contribution in [3.05, 3.63) is 63.9 Å². The maximum absolute atomic E-state index is 13.4. The third-order valence-corrected chi connectivity index (χ3v) is 6.88. The molecule has 0 unspecified atom stereocenters. The summed E-state index contributed by atoms with van der Waals surface area (Å²) in [5.41, 5.74) is 6.31. The molecule has 3 aromatic rings. The second-order valence-electron chi connectivity index (χ2n) is 6.90. The molecule has 1 aromatic heterocycles. The van der Waals surface area contributed by atoms with Crippen LogP contribution in [0, 0.1) is 6.92 Å². The van der Waals surface area contributed by atoms with Crippen molar-refractivity contribution in [1.82, 2.24) is 14.9 Å². The van der Waals surface area contributed by atoms with Crippen molar-refractivity contribution >= 4 is 39.3 Å². The van der Waals surface area contributed by atoms with E-state index in [1.807, 2.05) is 54.1 Å². The number of carbonyl (C=O) groups excluding carboxylic acids is 1. The Morgan fingerprint density at radius 3 is 2.83 bits per heavy atom. The van der Waals surface area contributed by atoms with E-state index in [-0.39, 0.29) is 11.9 Å². The molecule has 2 heterocycles. The number of fused-ring (bicyclic) bond motifs is 1. The summed E-state index contributed by atoms with van der Waals surface area (Å²) in [6, 6.07) is 13.4. The number of aromatic nitrogens is 3. The van der Waals surface area contributed by atoms with Crippen molar-refractivity contribution < 1.29 is 9.53 Å². The molecule has 9 heteroatoms. The Balaban J connectivity index is 1.69. The Kier molecular flexibility index (Phi) is 6.01. The quantitative estimate of drug-likeness (QED) is 0.557. The third kappa shape index (κ3) is 3.91. The molecule has 0 saturated carbocycles. The van der Waals surface area contributed by atoms with Crippen LogP contribution < -0.4 is 15.5 Å². The van der Waals surface area contributed by atoms with Crippen molar-refractivity contribution in [1.29, 1.82) is 0 Å². The molecule has 1 aliphatic heterocycles. The molecule has 1 amide bonds. The number of nitrogens with zero attached hydrogens (tertiary/aromatic N) is 3. The highest BCUT2D eigenvalue weighted by molar-refractivity contribution is 9.10. The molecule has 156 valence electrons. The Labute approximate surface area is 187 Å². The smallest absolute Gasteiger partial charge is 0.240 e. The molecular formula is C21H22BrN5O2S. The SMILES string of the molecule is CCc1ccccc1NC(=O)[C@H]1Sc2nnc(C)n2N[C@H]1c1ccc(OC)c(Br)c1. The van der Waals surface area contributed by atoms with Crippen LogP contribution in [0.2, 0.25) is 0 Å². The Morgan fingerprint density at radius 2 is 2.10 bits per heavy atom. The number of halogens is 1. The summed E-state index contributed by atoms with van der Waals surface area (Å²) >= 11 is 4.96. The minimum atomic E-state index is -0.439. The number of anilines is 1. The van der Waals surface area contributed by atoms with Gasteiger partial charge in [-0.2, -0.15) is 0 Å². The van der Waals surface area contributed by atoms with Crippen molar-refractivity contribution in [2.75, 3.05) is 17.9 Å². The Morgan fingerprint density at radius 1 is 1.30 bits per heavy atom. The number of nitrogens with one attached hydrogen (secondary N) is 2. The lowest BCUT2D eigenvalue weighted by Gasteiger charge is -2.33. The number of hydrogen-bond acceptors (Lipinski definition) is 6. The molecule has 0 radical (unpaired) electrons. The molecule has 0 spiro atoms. The van der Waals surface area contributed by atoms with Gasteiger partial charge in [0.05, 0.1) is 17.6 Å². The molecule has 2 aromatic carbocycles. The first-order valence-electron chi connectivity index (χ1n) is 9.59. The molecule has 0 fully saturated rings. The molecule has 7 nitrogen and oxygen atoms in total. The zero-order valence-electron chi connectivity index (χ0n) is 16.8. The summed E-state index contributed by atoms with van der Waals surface area (Å²) in [5, 5.41) is 11.7. The van der Waals surface area contributed by atoms with E-state index >= 15 is 0 Å². The Hall–Kier alpha value is -2.52. The number of aryl methyl sites for hydroxylation is 2. The van der Waals surface area contributed by atoms with E-state index in [1.165, 1.54) is 11.8 Å². The summed E-state index contributed by atoms with van der Waals surface area (Å²) in [7, 11) is 1.63. The van der Waals surface area contributed by atoms with Gasteiger partial charge in [-0.05, 0) is 58.6 Å². The van der Waals surface area contributed by atoms with Gasteiger partial charge >= 0.3 is 0 Å². The molecule has 4 rings (SSSR count). The number of benzene rings is 2. The Bertz CT molecular complexity index is 1090. The fraction of sp³-hybridized carbons (Fsp3) is 0.286. The van der Waals surface area contributed by atoms with Gasteiger partial charge in [-0.15, -0.1) is 10.2 Å². The number of methoxy groups -OCH3 is 1. The van der Waals surface area contributed by atoms with Crippen molar-refractivity contribution in [2.24, 2.45) is 0 Å². The second kappa shape index (κ2) is 8.69. The molecule has 1 aliphatic rings. The maximum atomic E-state index is 13.4. The zero-order chi connectivity index (χ0) is 21.3. The van der Waals surface area contributed by atoms with E-state index in [4.69, 9.17) is 4.74 Å². The number of thioether (sulfide) groups is 1. The average molecular weight is 488 g/mol. The second-order valence-corrected chi connectivity index (χ2v) is 8.87. The lowest BCUT2D eigenvalue weighted by atomic mass is 10.0. The molecule has 2 atom stereocenters. The topological polar surface area (TPSA) is 81.1 Å². The lowest BCUT2D eigenvalue weighted by molar-refractivity contribution is -0.116. The van der Waals surface area contributed by atoms with E-state index < -0.39 is 5.25 Å². The lowest BCUT2D eigenvalue weighted by Crippen LogP contribution is -2.41. The number of hydrogen-bond donors (Lipinski definition) is 2. The van der Waals surface area contributed by atoms with Crippen molar-refractivity contribution in [3.8, 4) is 5.75 Å². The maximum Gasteiger partial charge on any atom is 0.240 e.